The number of hydrogen-bond acceptors (Lipinski definition) is 4. The minimum atomic E-state index is -0.0255. The molecule has 5 nitrogen and oxygen atoms in total. The number of carbonyl (C=O) groups is 1. The largest absolute Gasteiger partial charge is 0.496 e. The van der Waals surface area contributed by atoms with E-state index in [-0.39, 0.29) is 11.8 Å². The Bertz CT molecular complexity index is 607. The summed E-state index contributed by atoms with van der Waals surface area (Å²) in [5.74, 6) is 2.12. The molecule has 0 saturated heterocycles. The molecule has 0 fully saturated rings. The van der Waals surface area contributed by atoms with E-state index in [0.29, 0.717) is 24.6 Å². The lowest BCUT2D eigenvalue weighted by molar-refractivity contribution is -0.121. The Labute approximate surface area is 124 Å². The SMILES string of the molecule is COc1ccccc1[C@@H](C)CC(=O)NCc1cnc(C)o1. The normalized spacial score (nSPS) is 12.0. The van der Waals surface area contributed by atoms with Crippen molar-refractivity contribution in [3.05, 3.63) is 47.7 Å². The molecule has 5 heteroatoms. The van der Waals surface area contributed by atoms with Crippen molar-refractivity contribution in [2.45, 2.75) is 32.7 Å². The summed E-state index contributed by atoms with van der Waals surface area (Å²) in [5.41, 5.74) is 1.03. The van der Waals surface area contributed by atoms with Crippen LogP contribution in [0.4, 0.5) is 0 Å². The number of nitrogens with zero attached hydrogens (tertiary/aromatic N) is 1. The van der Waals surface area contributed by atoms with Crippen molar-refractivity contribution in [1.82, 2.24) is 10.3 Å². The lowest BCUT2D eigenvalue weighted by atomic mass is 9.96. The van der Waals surface area contributed by atoms with Crippen LogP contribution in [0.2, 0.25) is 0 Å². The summed E-state index contributed by atoms with van der Waals surface area (Å²) < 4.78 is 10.6. The van der Waals surface area contributed by atoms with Gasteiger partial charge in [-0.15, -0.1) is 0 Å². The molecule has 0 bridgehead atoms. The van der Waals surface area contributed by atoms with E-state index in [4.69, 9.17) is 9.15 Å². The van der Waals surface area contributed by atoms with Gasteiger partial charge in [0.1, 0.15) is 11.5 Å². The molecule has 2 aromatic rings. The van der Waals surface area contributed by atoms with Gasteiger partial charge in [-0.25, -0.2) is 4.98 Å². The van der Waals surface area contributed by atoms with Gasteiger partial charge in [-0.05, 0) is 17.5 Å². The maximum absolute atomic E-state index is 12.0. The molecule has 0 aliphatic rings. The molecular weight excluding hydrogens is 268 g/mol. The number of ether oxygens (including phenoxy) is 1. The van der Waals surface area contributed by atoms with Gasteiger partial charge in [0.15, 0.2) is 5.89 Å². The van der Waals surface area contributed by atoms with Gasteiger partial charge in [0.05, 0.1) is 19.9 Å². The fourth-order valence-electron chi connectivity index (χ4n) is 2.21. The van der Waals surface area contributed by atoms with Gasteiger partial charge in [-0.3, -0.25) is 4.79 Å². The number of oxazole rings is 1. The van der Waals surface area contributed by atoms with Crippen molar-refractivity contribution in [2.75, 3.05) is 7.11 Å². The van der Waals surface area contributed by atoms with E-state index in [1.165, 1.54) is 0 Å². The minimum Gasteiger partial charge on any atom is -0.496 e. The first-order valence-electron chi connectivity index (χ1n) is 6.91. The minimum absolute atomic E-state index is 0.0255. The van der Waals surface area contributed by atoms with Crippen molar-refractivity contribution in [3.63, 3.8) is 0 Å². The summed E-state index contributed by atoms with van der Waals surface area (Å²) in [6, 6.07) is 7.75. The molecule has 0 spiro atoms. The fourth-order valence-corrected chi connectivity index (χ4v) is 2.21. The number of aryl methyl sites for hydroxylation is 1. The topological polar surface area (TPSA) is 64.4 Å². The molecule has 0 saturated carbocycles. The summed E-state index contributed by atoms with van der Waals surface area (Å²) in [6.07, 6.45) is 2.02. The van der Waals surface area contributed by atoms with Crippen molar-refractivity contribution in [2.24, 2.45) is 0 Å². The van der Waals surface area contributed by atoms with Gasteiger partial charge < -0.3 is 14.5 Å². The van der Waals surface area contributed by atoms with E-state index in [0.717, 1.165) is 11.3 Å². The van der Waals surface area contributed by atoms with E-state index < -0.39 is 0 Å². The summed E-state index contributed by atoms with van der Waals surface area (Å²) in [7, 11) is 1.64. The highest BCUT2D eigenvalue weighted by Gasteiger charge is 2.15. The zero-order valence-corrected chi connectivity index (χ0v) is 12.6. The molecule has 1 aromatic carbocycles. The van der Waals surface area contributed by atoms with Crippen molar-refractivity contribution < 1.29 is 13.9 Å². The van der Waals surface area contributed by atoms with Crippen LogP contribution in [0.3, 0.4) is 0 Å². The predicted octanol–water partition coefficient (Wildman–Crippen LogP) is 2.80. The highest BCUT2D eigenvalue weighted by molar-refractivity contribution is 5.76. The number of hydrogen-bond donors (Lipinski definition) is 1. The Kier molecular flexibility index (Phi) is 4.98. The van der Waals surface area contributed by atoms with E-state index in [1.54, 1.807) is 20.2 Å². The Morgan fingerprint density at radius 1 is 1.43 bits per heavy atom. The number of methoxy groups -OCH3 is 1. The molecule has 2 rings (SSSR count). The average Bonchev–Trinajstić information content (AvgIpc) is 2.90. The van der Waals surface area contributed by atoms with Gasteiger partial charge in [-0.1, -0.05) is 25.1 Å². The van der Waals surface area contributed by atoms with Crippen molar-refractivity contribution in [3.8, 4) is 5.75 Å². The standard InChI is InChI=1S/C16H20N2O3/c1-11(14-6-4-5-7-15(14)20-3)8-16(19)18-10-13-9-17-12(2)21-13/h4-7,9,11H,8,10H2,1-3H3,(H,18,19)/t11-/m0/s1. The molecule has 1 heterocycles. The van der Waals surface area contributed by atoms with E-state index in [9.17, 15) is 4.79 Å². The van der Waals surface area contributed by atoms with E-state index in [1.807, 2.05) is 31.2 Å². The van der Waals surface area contributed by atoms with Crippen LogP contribution in [0.25, 0.3) is 0 Å². The molecule has 0 aliphatic carbocycles. The first-order chi connectivity index (χ1) is 10.1. The second kappa shape index (κ2) is 6.92. The van der Waals surface area contributed by atoms with Gasteiger partial charge in [0, 0.05) is 13.3 Å². The third-order valence-corrected chi connectivity index (χ3v) is 3.29. The smallest absolute Gasteiger partial charge is 0.220 e. The summed E-state index contributed by atoms with van der Waals surface area (Å²) >= 11 is 0. The Morgan fingerprint density at radius 3 is 2.86 bits per heavy atom. The van der Waals surface area contributed by atoms with E-state index >= 15 is 0 Å². The van der Waals surface area contributed by atoms with Gasteiger partial charge in [0.25, 0.3) is 0 Å². The molecule has 112 valence electrons. The zero-order valence-electron chi connectivity index (χ0n) is 12.6. The molecule has 0 aliphatic heterocycles. The second-order valence-corrected chi connectivity index (χ2v) is 4.97. The maximum atomic E-state index is 12.0. The second-order valence-electron chi connectivity index (χ2n) is 4.97. The summed E-state index contributed by atoms with van der Waals surface area (Å²) in [4.78, 5) is 16.0. The maximum Gasteiger partial charge on any atom is 0.220 e. The van der Waals surface area contributed by atoms with E-state index in [2.05, 4.69) is 10.3 Å². The van der Waals surface area contributed by atoms with Crippen LogP contribution in [-0.2, 0) is 11.3 Å². The van der Waals surface area contributed by atoms with Gasteiger partial charge in [0.2, 0.25) is 5.91 Å². The molecule has 1 amide bonds. The fraction of sp³-hybridized carbons (Fsp3) is 0.375. The van der Waals surface area contributed by atoms with Crippen LogP contribution in [0, 0.1) is 6.92 Å². The number of amides is 1. The number of aromatic nitrogens is 1. The number of nitrogens with one attached hydrogen (secondary N) is 1. The summed E-state index contributed by atoms with van der Waals surface area (Å²) in [5, 5.41) is 2.84. The monoisotopic (exact) mass is 288 g/mol. The molecule has 1 N–H and O–H groups in total. The average molecular weight is 288 g/mol. The van der Waals surface area contributed by atoms with Crippen LogP contribution >= 0.6 is 0 Å². The number of rotatable bonds is 6. The molecule has 0 unspecified atom stereocenters. The van der Waals surface area contributed by atoms with Crippen LogP contribution in [0.15, 0.2) is 34.9 Å². The highest BCUT2D eigenvalue weighted by Crippen LogP contribution is 2.28. The third kappa shape index (κ3) is 4.08. The third-order valence-electron chi connectivity index (χ3n) is 3.29. The van der Waals surface area contributed by atoms with Gasteiger partial charge in [-0.2, -0.15) is 0 Å². The molecular formula is C16H20N2O3. The predicted molar refractivity (Wildman–Crippen MR) is 79.1 cm³/mol. The quantitative estimate of drug-likeness (QED) is 0.887. The Balaban J connectivity index is 1.89. The van der Waals surface area contributed by atoms with Crippen LogP contribution in [0.5, 0.6) is 5.75 Å². The first-order valence-corrected chi connectivity index (χ1v) is 6.91. The molecule has 21 heavy (non-hydrogen) atoms. The number of benzene rings is 1. The van der Waals surface area contributed by atoms with Crippen molar-refractivity contribution >= 4 is 5.91 Å². The molecule has 0 radical (unpaired) electrons. The number of para-hydroxylation sites is 1. The lowest BCUT2D eigenvalue weighted by Gasteiger charge is -2.15. The van der Waals surface area contributed by atoms with Crippen LogP contribution in [0.1, 0.15) is 36.5 Å². The Morgan fingerprint density at radius 2 is 2.19 bits per heavy atom. The lowest BCUT2D eigenvalue weighted by Crippen LogP contribution is -2.23. The molecule has 1 atom stereocenters. The molecule has 1 aromatic heterocycles. The van der Waals surface area contributed by atoms with Gasteiger partial charge >= 0.3 is 0 Å². The highest BCUT2D eigenvalue weighted by atomic mass is 16.5. The van der Waals surface area contributed by atoms with Crippen LogP contribution < -0.4 is 10.1 Å². The summed E-state index contributed by atoms with van der Waals surface area (Å²) in [6.45, 7) is 4.14. The van der Waals surface area contributed by atoms with Crippen LogP contribution in [-0.4, -0.2) is 18.0 Å². The first kappa shape index (κ1) is 15.1. The Hall–Kier alpha value is -2.30. The number of carbonyl (C=O) groups excluding carboxylic acids is 1. The van der Waals surface area contributed by atoms with Crippen molar-refractivity contribution in [1.29, 1.82) is 0 Å². The zero-order chi connectivity index (χ0) is 15.2.